The van der Waals surface area contributed by atoms with Crippen molar-refractivity contribution in [3.8, 4) is 5.75 Å². The summed E-state index contributed by atoms with van der Waals surface area (Å²) in [7, 11) is 0. The monoisotopic (exact) mass is 281 g/mol. The summed E-state index contributed by atoms with van der Waals surface area (Å²) in [5.74, 6) is 2.23. The molecule has 1 N–H and O–H groups in total. The molecular formula is C16H27NOS. The van der Waals surface area contributed by atoms with E-state index in [9.17, 15) is 0 Å². The lowest BCUT2D eigenvalue weighted by molar-refractivity contribution is 0.317. The van der Waals surface area contributed by atoms with Gasteiger partial charge in [0.15, 0.2) is 0 Å². The summed E-state index contributed by atoms with van der Waals surface area (Å²) in [6, 6.07) is 8.86. The molecule has 108 valence electrons. The third kappa shape index (κ3) is 6.88. The molecule has 0 fully saturated rings. The number of hydrogen-bond donors (Lipinski definition) is 1. The van der Waals surface area contributed by atoms with E-state index in [1.54, 1.807) is 0 Å². The topological polar surface area (TPSA) is 21.3 Å². The summed E-state index contributed by atoms with van der Waals surface area (Å²) < 4.78 is 5.59. The van der Waals surface area contributed by atoms with Gasteiger partial charge in [-0.3, -0.25) is 0 Å². The summed E-state index contributed by atoms with van der Waals surface area (Å²) in [6.07, 6.45) is 5.77. The van der Waals surface area contributed by atoms with Gasteiger partial charge in [-0.25, -0.2) is 0 Å². The highest BCUT2D eigenvalue weighted by atomic mass is 32.2. The third-order valence-electron chi connectivity index (χ3n) is 3.08. The highest BCUT2D eigenvalue weighted by Gasteiger charge is 2.04. The zero-order valence-electron chi connectivity index (χ0n) is 12.4. The molecule has 0 radical (unpaired) electrons. The van der Waals surface area contributed by atoms with E-state index >= 15 is 0 Å². The minimum atomic E-state index is 0.412. The van der Waals surface area contributed by atoms with E-state index in [2.05, 4.69) is 49.7 Å². The second-order valence-electron chi connectivity index (χ2n) is 4.79. The van der Waals surface area contributed by atoms with Gasteiger partial charge in [-0.2, -0.15) is 11.8 Å². The molecule has 1 atom stereocenters. The van der Waals surface area contributed by atoms with Crippen LogP contribution in [0.4, 0.5) is 0 Å². The Bertz CT molecular complexity index is 326. The molecule has 0 saturated heterocycles. The predicted molar refractivity (Wildman–Crippen MR) is 86.3 cm³/mol. The van der Waals surface area contributed by atoms with Crippen LogP contribution in [-0.4, -0.2) is 25.2 Å². The Morgan fingerprint density at radius 2 is 1.95 bits per heavy atom. The van der Waals surface area contributed by atoms with Crippen LogP contribution in [0.5, 0.6) is 5.75 Å². The van der Waals surface area contributed by atoms with Crippen LogP contribution in [0.1, 0.15) is 44.7 Å². The molecule has 1 aromatic carbocycles. The quantitative estimate of drug-likeness (QED) is 0.647. The van der Waals surface area contributed by atoms with Crippen molar-refractivity contribution in [3.05, 3.63) is 29.8 Å². The van der Waals surface area contributed by atoms with Gasteiger partial charge in [0.2, 0.25) is 0 Å². The minimum Gasteiger partial charge on any atom is -0.494 e. The fraction of sp³-hybridized carbons (Fsp3) is 0.625. The Morgan fingerprint density at radius 3 is 2.58 bits per heavy atom. The van der Waals surface area contributed by atoms with Crippen molar-refractivity contribution in [1.29, 1.82) is 0 Å². The lowest BCUT2D eigenvalue weighted by atomic mass is 10.1. The number of nitrogens with one attached hydrogen (secondary N) is 1. The maximum Gasteiger partial charge on any atom is 0.119 e. The van der Waals surface area contributed by atoms with Crippen LogP contribution in [0.25, 0.3) is 0 Å². The molecule has 0 bridgehead atoms. The largest absolute Gasteiger partial charge is 0.494 e. The molecular weight excluding hydrogens is 254 g/mol. The SMILES string of the molecule is CCCOc1ccc(C(C)NCCCCSC)cc1. The summed E-state index contributed by atoms with van der Waals surface area (Å²) in [4.78, 5) is 0. The first kappa shape index (κ1) is 16.4. The molecule has 0 saturated carbocycles. The van der Waals surface area contributed by atoms with Crippen molar-refractivity contribution in [2.45, 2.75) is 39.2 Å². The van der Waals surface area contributed by atoms with Crippen molar-refractivity contribution in [2.24, 2.45) is 0 Å². The van der Waals surface area contributed by atoms with Crippen LogP contribution >= 0.6 is 11.8 Å². The van der Waals surface area contributed by atoms with E-state index in [1.807, 2.05) is 11.8 Å². The first-order valence-corrected chi connectivity index (χ1v) is 8.62. The Labute approximate surface area is 122 Å². The van der Waals surface area contributed by atoms with Crippen molar-refractivity contribution < 1.29 is 4.74 Å². The molecule has 0 aliphatic rings. The fourth-order valence-electron chi connectivity index (χ4n) is 1.88. The molecule has 1 aromatic rings. The Hall–Kier alpha value is -0.670. The number of unbranched alkanes of at least 4 members (excludes halogenated alkanes) is 1. The summed E-state index contributed by atoms with van der Waals surface area (Å²) in [6.45, 7) is 6.23. The number of hydrogen-bond acceptors (Lipinski definition) is 3. The molecule has 1 unspecified atom stereocenters. The number of benzene rings is 1. The average Bonchev–Trinajstić information content (AvgIpc) is 2.45. The van der Waals surface area contributed by atoms with Gasteiger partial charge < -0.3 is 10.1 Å². The maximum absolute atomic E-state index is 5.59. The van der Waals surface area contributed by atoms with Gasteiger partial charge in [-0.1, -0.05) is 19.1 Å². The Kier molecular flexibility index (Phi) is 8.76. The van der Waals surface area contributed by atoms with E-state index in [0.29, 0.717) is 6.04 Å². The van der Waals surface area contributed by atoms with Crippen LogP contribution < -0.4 is 10.1 Å². The predicted octanol–water partition coefficient (Wildman–Crippen LogP) is 4.27. The highest BCUT2D eigenvalue weighted by Crippen LogP contribution is 2.17. The molecule has 0 amide bonds. The third-order valence-corrected chi connectivity index (χ3v) is 3.78. The zero-order chi connectivity index (χ0) is 13.9. The van der Waals surface area contributed by atoms with Crippen LogP contribution in [0.2, 0.25) is 0 Å². The van der Waals surface area contributed by atoms with Gasteiger partial charge in [-0.05, 0) is 62.4 Å². The molecule has 2 nitrogen and oxygen atoms in total. The standard InChI is InChI=1S/C16H27NOS/c1-4-12-18-16-9-7-15(8-10-16)14(2)17-11-5-6-13-19-3/h7-10,14,17H,4-6,11-13H2,1-3H3. The van der Waals surface area contributed by atoms with E-state index in [0.717, 1.165) is 25.3 Å². The maximum atomic E-state index is 5.59. The molecule has 1 rings (SSSR count). The van der Waals surface area contributed by atoms with Crippen molar-refractivity contribution in [3.63, 3.8) is 0 Å². The second kappa shape index (κ2) is 10.2. The molecule has 0 aromatic heterocycles. The van der Waals surface area contributed by atoms with Crippen LogP contribution in [0, 0.1) is 0 Å². The summed E-state index contributed by atoms with van der Waals surface area (Å²) in [5, 5.41) is 3.57. The fourth-order valence-corrected chi connectivity index (χ4v) is 2.37. The van der Waals surface area contributed by atoms with Gasteiger partial charge in [0.25, 0.3) is 0 Å². The first-order chi connectivity index (χ1) is 9.27. The highest BCUT2D eigenvalue weighted by molar-refractivity contribution is 7.98. The average molecular weight is 281 g/mol. The van der Waals surface area contributed by atoms with Gasteiger partial charge in [0, 0.05) is 6.04 Å². The van der Waals surface area contributed by atoms with Crippen molar-refractivity contribution >= 4 is 11.8 Å². The van der Waals surface area contributed by atoms with Crippen LogP contribution in [0.15, 0.2) is 24.3 Å². The van der Waals surface area contributed by atoms with Gasteiger partial charge >= 0.3 is 0 Å². The smallest absolute Gasteiger partial charge is 0.119 e. The number of thioether (sulfide) groups is 1. The second-order valence-corrected chi connectivity index (χ2v) is 5.78. The van der Waals surface area contributed by atoms with E-state index in [-0.39, 0.29) is 0 Å². The molecule has 19 heavy (non-hydrogen) atoms. The van der Waals surface area contributed by atoms with Gasteiger partial charge in [0.05, 0.1) is 6.61 Å². The Morgan fingerprint density at radius 1 is 1.21 bits per heavy atom. The lowest BCUT2D eigenvalue weighted by Crippen LogP contribution is -2.19. The molecule has 0 aliphatic heterocycles. The van der Waals surface area contributed by atoms with Crippen LogP contribution in [0.3, 0.4) is 0 Å². The minimum absolute atomic E-state index is 0.412. The van der Waals surface area contributed by atoms with E-state index in [1.165, 1.54) is 24.2 Å². The van der Waals surface area contributed by atoms with E-state index in [4.69, 9.17) is 4.74 Å². The first-order valence-electron chi connectivity index (χ1n) is 7.23. The summed E-state index contributed by atoms with van der Waals surface area (Å²) >= 11 is 1.92. The van der Waals surface area contributed by atoms with Crippen molar-refractivity contribution in [2.75, 3.05) is 25.2 Å². The summed E-state index contributed by atoms with van der Waals surface area (Å²) in [5.41, 5.74) is 1.33. The Balaban J connectivity index is 2.29. The van der Waals surface area contributed by atoms with Crippen molar-refractivity contribution in [1.82, 2.24) is 5.32 Å². The number of ether oxygens (including phenoxy) is 1. The molecule has 0 spiro atoms. The molecule has 3 heteroatoms. The van der Waals surface area contributed by atoms with Crippen LogP contribution in [-0.2, 0) is 0 Å². The molecule has 0 heterocycles. The molecule has 0 aliphatic carbocycles. The lowest BCUT2D eigenvalue weighted by Gasteiger charge is -2.15. The zero-order valence-corrected chi connectivity index (χ0v) is 13.3. The van der Waals surface area contributed by atoms with Gasteiger partial charge in [-0.15, -0.1) is 0 Å². The van der Waals surface area contributed by atoms with Gasteiger partial charge in [0.1, 0.15) is 5.75 Å². The number of rotatable bonds is 10. The van der Waals surface area contributed by atoms with E-state index < -0.39 is 0 Å². The normalized spacial score (nSPS) is 12.4.